The molecule has 0 aliphatic carbocycles. The molecule has 0 atom stereocenters. The Balaban J connectivity index is 3.71. The van der Waals surface area contributed by atoms with Gasteiger partial charge in [0.2, 0.25) is 0 Å². The van der Waals surface area contributed by atoms with Gasteiger partial charge < -0.3 is 14.0 Å². The number of nitrogens with zero attached hydrogens (tertiary/aromatic N) is 1. The van der Waals surface area contributed by atoms with Crippen LogP contribution in [0.2, 0.25) is 0 Å². The van der Waals surface area contributed by atoms with E-state index in [0.29, 0.717) is 6.79 Å². The topological polar surface area (TPSA) is 18.5 Å². The summed E-state index contributed by atoms with van der Waals surface area (Å²) in [6, 6.07) is 0. The van der Waals surface area contributed by atoms with Gasteiger partial charge in [0, 0.05) is 7.11 Å². The summed E-state index contributed by atoms with van der Waals surface area (Å²) in [5.74, 6) is 0. The molecule has 0 bridgehead atoms. The molecule has 0 saturated carbocycles. The smallest absolute Gasteiger partial charge is 0.146 e. The fourth-order valence-electron chi connectivity index (χ4n) is 1.84. The van der Waals surface area contributed by atoms with E-state index in [1.54, 1.807) is 7.11 Å². The van der Waals surface area contributed by atoms with Gasteiger partial charge in [-0.3, -0.25) is 0 Å². The van der Waals surface area contributed by atoms with Gasteiger partial charge in [0.05, 0.1) is 26.7 Å². The maximum atomic E-state index is 5.33. The summed E-state index contributed by atoms with van der Waals surface area (Å²) in [7, 11) is 3.97. The lowest BCUT2D eigenvalue weighted by Crippen LogP contribution is -2.47. The summed E-state index contributed by atoms with van der Waals surface area (Å²) in [5.41, 5.74) is 0. The molecule has 0 radical (unpaired) electrons. The maximum Gasteiger partial charge on any atom is 0.146 e. The van der Waals surface area contributed by atoms with Crippen LogP contribution in [-0.4, -0.2) is 51.7 Å². The second kappa shape index (κ2) is 8.21. The molecule has 0 unspecified atom stereocenters. The van der Waals surface area contributed by atoms with Crippen molar-refractivity contribution in [1.29, 1.82) is 0 Å². The Morgan fingerprint density at radius 1 is 1.00 bits per heavy atom. The third-order valence-corrected chi connectivity index (χ3v) is 2.50. The second-order valence-corrected chi connectivity index (χ2v) is 4.11. The third kappa shape index (κ3) is 6.35. The van der Waals surface area contributed by atoms with Crippen LogP contribution in [0.3, 0.4) is 0 Å². The SMILES string of the molecule is CCC[N+](C)(CCC)CCOCOC. The van der Waals surface area contributed by atoms with Gasteiger partial charge in [-0.1, -0.05) is 13.8 Å². The molecule has 0 aromatic carbocycles. The molecule has 3 heteroatoms. The first-order valence-corrected chi connectivity index (χ1v) is 5.58. The zero-order valence-electron chi connectivity index (χ0n) is 10.2. The predicted molar refractivity (Wildman–Crippen MR) is 59.2 cm³/mol. The Bertz CT molecular complexity index is 122. The van der Waals surface area contributed by atoms with Crippen molar-refractivity contribution in [3.63, 3.8) is 0 Å². The number of rotatable bonds is 9. The minimum absolute atomic E-state index is 0.415. The van der Waals surface area contributed by atoms with Crippen molar-refractivity contribution >= 4 is 0 Å². The fraction of sp³-hybridized carbons (Fsp3) is 1.00. The molecule has 0 aromatic rings. The van der Waals surface area contributed by atoms with Crippen LogP contribution in [0.15, 0.2) is 0 Å². The molecule has 86 valence electrons. The Morgan fingerprint density at radius 2 is 1.57 bits per heavy atom. The highest BCUT2D eigenvalue weighted by Crippen LogP contribution is 2.05. The summed E-state index contributed by atoms with van der Waals surface area (Å²) in [4.78, 5) is 0. The standard InChI is InChI=1S/C11H26NO2/c1-5-7-12(3,8-6-2)9-10-14-11-13-4/h5-11H2,1-4H3/q+1. The minimum atomic E-state index is 0.415. The van der Waals surface area contributed by atoms with Crippen molar-refractivity contribution in [2.24, 2.45) is 0 Å². The zero-order chi connectivity index (χ0) is 10.9. The van der Waals surface area contributed by atoms with Crippen molar-refractivity contribution in [1.82, 2.24) is 0 Å². The monoisotopic (exact) mass is 204 g/mol. The van der Waals surface area contributed by atoms with E-state index in [2.05, 4.69) is 20.9 Å². The lowest BCUT2D eigenvalue weighted by atomic mass is 10.3. The molecule has 0 N–H and O–H groups in total. The van der Waals surface area contributed by atoms with Gasteiger partial charge in [0.15, 0.2) is 0 Å². The molecule has 0 aliphatic heterocycles. The number of ether oxygens (including phenoxy) is 2. The van der Waals surface area contributed by atoms with Gasteiger partial charge in [-0.2, -0.15) is 0 Å². The van der Waals surface area contributed by atoms with Crippen LogP contribution in [0.4, 0.5) is 0 Å². The van der Waals surface area contributed by atoms with E-state index in [9.17, 15) is 0 Å². The van der Waals surface area contributed by atoms with Crippen molar-refractivity contribution < 1.29 is 14.0 Å². The van der Waals surface area contributed by atoms with Crippen LogP contribution >= 0.6 is 0 Å². The summed E-state index contributed by atoms with van der Waals surface area (Å²) in [5, 5.41) is 0. The first-order chi connectivity index (χ1) is 6.68. The summed E-state index contributed by atoms with van der Waals surface area (Å²) >= 11 is 0. The Labute approximate surface area is 88.6 Å². The second-order valence-electron chi connectivity index (χ2n) is 4.11. The normalized spacial score (nSPS) is 12.0. The summed E-state index contributed by atoms with van der Waals surface area (Å²) in [6.07, 6.45) is 2.47. The molecular weight excluding hydrogens is 178 g/mol. The van der Waals surface area contributed by atoms with Crippen molar-refractivity contribution in [3.05, 3.63) is 0 Å². The van der Waals surface area contributed by atoms with Gasteiger partial charge in [-0.05, 0) is 12.8 Å². The van der Waals surface area contributed by atoms with E-state index in [0.717, 1.165) is 17.6 Å². The predicted octanol–water partition coefficient (Wildman–Crippen LogP) is 1.87. The number of hydrogen-bond acceptors (Lipinski definition) is 2. The van der Waals surface area contributed by atoms with Gasteiger partial charge in [0.25, 0.3) is 0 Å². The Kier molecular flexibility index (Phi) is 8.14. The highest BCUT2D eigenvalue weighted by Gasteiger charge is 2.18. The Morgan fingerprint density at radius 3 is 2.00 bits per heavy atom. The minimum Gasteiger partial charge on any atom is -0.359 e. The molecule has 0 rings (SSSR count). The van der Waals surface area contributed by atoms with Crippen LogP contribution in [0.25, 0.3) is 0 Å². The first kappa shape index (κ1) is 13.9. The quantitative estimate of drug-likeness (QED) is 0.324. The van der Waals surface area contributed by atoms with Crippen LogP contribution in [0, 0.1) is 0 Å². The van der Waals surface area contributed by atoms with E-state index in [-0.39, 0.29) is 0 Å². The molecule has 3 nitrogen and oxygen atoms in total. The lowest BCUT2D eigenvalue weighted by molar-refractivity contribution is -0.910. The summed E-state index contributed by atoms with van der Waals surface area (Å²) in [6.45, 7) is 9.26. The van der Waals surface area contributed by atoms with Gasteiger partial charge in [-0.25, -0.2) is 0 Å². The number of hydrogen-bond donors (Lipinski definition) is 0. The molecule has 0 aromatic heterocycles. The van der Waals surface area contributed by atoms with Crippen LogP contribution in [0.5, 0.6) is 0 Å². The summed E-state index contributed by atoms with van der Waals surface area (Å²) < 4.78 is 11.3. The van der Waals surface area contributed by atoms with Gasteiger partial charge in [-0.15, -0.1) is 0 Å². The highest BCUT2D eigenvalue weighted by molar-refractivity contribution is 4.39. The van der Waals surface area contributed by atoms with E-state index in [1.807, 2.05) is 0 Å². The molecular formula is C11H26NO2+. The maximum absolute atomic E-state index is 5.33. The van der Waals surface area contributed by atoms with E-state index < -0.39 is 0 Å². The molecule has 0 heterocycles. The molecule has 0 spiro atoms. The molecule has 0 aliphatic rings. The van der Waals surface area contributed by atoms with Crippen molar-refractivity contribution in [2.75, 3.05) is 47.2 Å². The average Bonchev–Trinajstić information content (AvgIpc) is 2.13. The molecule has 0 saturated heterocycles. The fourth-order valence-corrected chi connectivity index (χ4v) is 1.84. The number of likely N-dealkylation sites (N-methyl/N-ethyl adjacent to an activating group) is 1. The molecule has 0 fully saturated rings. The average molecular weight is 204 g/mol. The highest BCUT2D eigenvalue weighted by atomic mass is 16.7. The van der Waals surface area contributed by atoms with Gasteiger partial charge >= 0.3 is 0 Å². The van der Waals surface area contributed by atoms with Crippen LogP contribution in [0.1, 0.15) is 26.7 Å². The van der Waals surface area contributed by atoms with Crippen LogP contribution < -0.4 is 0 Å². The molecule has 14 heavy (non-hydrogen) atoms. The number of quaternary nitrogens is 1. The first-order valence-electron chi connectivity index (χ1n) is 5.58. The van der Waals surface area contributed by atoms with E-state index in [4.69, 9.17) is 9.47 Å². The van der Waals surface area contributed by atoms with Crippen LogP contribution in [-0.2, 0) is 9.47 Å². The number of methoxy groups -OCH3 is 1. The van der Waals surface area contributed by atoms with Crippen molar-refractivity contribution in [3.8, 4) is 0 Å². The van der Waals surface area contributed by atoms with Crippen molar-refractivity contribution in [2.45, 2.75) is 26.7 Å². The van der Waals surface area contributed by atoms with E-state index >= 15 is 0 Å². The molecule has 0 amide bonds. The van der Waals surface area contributed by atoms with E-state index in [1.165, 1.54) is 25.9 Å². The zero-order valence-corrected chi connectivity index (χ0v) is 10.2. The lowest BCUT2D eigenvalue weighted by Gasteiger charge is -2.34. The Hall–Kier alpha value is -0.120. The largest absolute Gasteiger partial charge is 0.359 e. The van der Waals surface area contributed by atoms with Gasteiger partial charge in [0.1, 0.15) is 13.3 Å². The third-order valence-electron chi connectivity index (χ3n) is 2.50.